The van der Waals surface area contributed by atoms with Crippen molar-refractivity contribution in [2.45, 2.75) is 0 Å². The third-order valence-electron chi connectivity index (χ3n) is 2.62. The van der Waals surface area contributed by atoms with Crippen molar-refractivity contribution in [2.24, 2.45) is 0 Å². The molecule has 8 heteroatoms. The number of nitrogens with zero attached hydrogens (tertiary/aromatic N) is 2. The van der Waals surface area contributed by atoms with Crippen molar-refractivity contribution in [3.05, 3.63) is 52.2 Å². The molecule has 7 nitrogen and oxygen atoms in total. The minimum Gasteiger partial charge on any atom is -0.491 e. The summed E-state index contributed by atoms with van der Waals surface area (Å²) in [6, 6.07) is 5.79. The van der Waals surface area contributed by atoms with Crippen LogP contribution in [0.5, 0.6) is 5.75 Å². The molecule has 21 heavy (non-hydrogen) atoms. The number of hydroxylamine groups is 1. The smallest absolute Gasteiger partial charge is 0.299 e. The number of benzene rings is 1. The van der Waals surface area contributed by atoms with E-state index >= 15 is 0 Å². The van der Waals surface area contributed by atoms with Crippen LogP contribution in [0, 0.1) is 5.82 Å². The molecule has 1 aromatic carbocycles. The lowest BCUT2D eigenvalue weighted by Crippen LogP contribution is -2.31. The first-order valence-electron chi connectivity index (χ1n) is 5.84. The Kier molecular flexibility index (Phi) is 4.29. The largest absolute Gasteiger partial charge is 0.491 e. The van der Waals surface area contributed by atoms with Crippen LogP contribution >= 0.6 is 0 Å². The van der Waals surface area contributed by atoms with Crippen LogP contribution in [-0.2, 0) is 4.84 Å². The molecule has 0 aliphatic rings. The fraction of sp³-hybridized carbons (Fsp3) is 0.154. The Balaban J connectivity index is 2.64. The lowest BCUT2D eigenvalue weighted by Gasteiger charge is -2.10. The number of rotatable bonds is 4. The second-order valence-corrected chi connectivity index (χ2v) is 3.91. The van der Waals surface area contributed by atoms with E-state index in [4.69, 9.17) is 4.74 Å². The molecular formula is C13H12FN3O4. The first-order chi connectivity index (χ1) is 10.1. The summed E-state index contributed by atoms with van der Waals surface area (Å²) in [4.78, 5) is 28.2. The third-order valence-corrected chi connectivity index (χ3v) is 2.62. The zero-order valence-electron chi connectivity index (χ0n) is 11.3. The zero-order chi connectivity index (χ0) is 15.4. The number of halogens is 1. The van der Waals surface area contributed by atoms with Crippen LogP contribution in [0.25, 0.3) is 5.69 Å². The molecule has 0 spiro atoms. The van der Waals surface area contributed by atoms with Gasteiger partial charge in [0, 0.05) is 0 Å². The Bertz CT molecular complexity index is 730. The molecule has 1 aromatic heterocycles. The van der Waals surface area contributed by atoms with Crippen molar-refractivity contribution in [3.8, 4) is 11.4 Å². The molecule has 0 fully saturated rings. The van der Waals surface area contributed by atoms with E-state index in [0.29, 0.717) is 0 Å². The summed E-state index contributed by atoms with van der Waals surface area (Å²) in [6.45, 7) is 0. The molecule has 2 aromatic rings. The molecule has 0 bridgehead atoms. The molecule has 0 unspecified atom stereocenters. The Morgan fingerprint density at radius 1 is 1.33 bits per heavy atom. The maximum Gasteiger partial charge on any atom is 0.299 e. The van der Waals surface area contributed by atoms with E-state index in [1.54, 1.807) is 6.07 Å². The van der Waals surface area contributed by atoms with Gasteiger partial charge in [-0.1, -0.05) is 12.1 Å². The topological polar surface area (TPSA) is 82.4 Å². The SMILES string of the molecule is CONC(=O)c1nn(-c2ccccc2F)cc(OC)c1=O. The summed E-state index contributed by atoms with van der Waals surface area (Å²) in [5.74, 6) is -1.56. The van der Waals surface area contributed by atoms with Gasteiger partial charge in [0.15, 0.2) is 5.75 Å². The van der Waals surface area contributed by atoms with E-state index in [2.05, 4.69) is 9.94 Å². The van der Waals surface area contributed by atoms with Gasteiger partial charge in [0.1, 0.15) is 11.5 Å². The van der Waals surface area contributed by atoms with E-state index in [-0.39, 0.29) is 11.4 Å². The predicted octanol–water partition coefficient (Wildman–Crippen LogP) is 0.671. The first kappa shape index (κ1) is 14.7. The van der Waals surface area contributed by atoms with Crippen molar-refractivity contribution in [1.82, 2.24) is 15.3 Å². The van der Waals surface area contributed by atoms with Crippen molar-refractivity contribution < 1.29 is 18.8 Å². The van der Waals surface area contributed by atoms with Crippen LogP contribution in [0.2, 0.25) is 0 Å². The molecule has 0 saturated carbocycles. The number of hydrogen-bond donors (Lipinski definition) is 1. The molecule has 0 aliphatic heterocycles. The quantitative estimate of drug-likeness (QED) is 0.838. The van der Waals surface area contributed by atoms with Crippen LogP contribution in [0.1, 0.15) is 10.5 Å². The zero-order valence-corrected chi connectivity index (χ0v) is 11.3. The van der Waals surface area contributed by atoms with Crippen molar-refractivity contribution in [3.63, 3.8) is 0 Å². The normalized spacial score (nSPS) is 10.2. The van der Waals surface area contributed by atoms with Gasteiger partial charge < -0.3 is 4.74 Å². The number of amides is 1. The molecule has 0 radical (unpaired) electrons. The van der Waals surface area contributed by atoms with Gasteiger partial charge in [-0.05, 0) is 12.1 Å². The molecule has 1 N–H and O–H groups in total. The minimum absolute atomic E-state index is 0.0715. The Hall–Kier alpha value is -2.74. The lowest BCUT2D eigenvalue weighted by atomic mass is 10.3. The Labute approximate surface area is 118 Å². The number of methoxy groups -OCH3 is 1. The van der Waals surface area contributed by atoms with Crippen LogP contribution < -0.4 is 15.6 Å². The van der Waals surface area contributed by atoms with Gasteiger partial charge in [-0.3, -0.25) is 14.4 Å². The molecule has 0 aliphatic carbocycles. The number of para-hydroxylation sites is 1. The number of aromatic nitrogens is 2. The average Bonchev–Trinajstić information content (AvgIpc) is 2.48. The van der Waals surface area contributed by atoms with Crippen molar-refractivity contribution >= 4 is 5.91 Å². The van der Waals surface area contributed by atoms with E-state index in [0.717, 1.165) is 4.68 Å². The Morgan fingerprint density at radius 2 is 2.05 bits per heavy atom. The van der Waals surface area contributed by atoms with E-state index < -0.39 is 22.8 Å². The number of nitrogens with one attached hydrogen (secondary N) is 1. The summed E-state index contributed by atoms with van der Waals surface area (Å²) < 4.78 is 19.7. The second kappa shape index (κ2) is 6.14. The summed E-state index contributed by atoms with van der Waals surface area (Å²) >= 11 is 0. The van der Waals surface area contributed by atoms with Gasteiger partial charge in [0.25, 0.3) is 11.3 Å². The second-order valence-electron chi connectivity index (χ2n) is 3.91. The maximum absolute atomic E-state index is 13.8. The average molecular weight is 293 g/mol. The van der Waals surface area contributed by atoms with Gasteiger partial charge in [0.2, 0.25) is 5.69 Å². The fourth-order valence-electron chi connectivity index (χ4n) is 1.66. The van der Waals surface area contributed by atoms with Gasteiger partial charge in [-0.25, -0.2) is 14.6 Å². The predicted molar refractivity (Wildman–Crippen MR) is 70.8 cm³/mol. The maximum atomic E-state index is 13.8. The van der Waals surface area contributed by atoms with Crippen LogP contribution in [0.3, 0.4) is 0 Å². The van der Waals surface area contributed by atoms with Crippen LogP contribution in [0.4, 0.5) is 4.39 Å². The van der Waals surface area contributed by atoms with E-state index in [1.807, 2.05) is 5.48 Å². The highest BCUT2D eigenvalue weighted by molar-refractivity contribution is 5.91. The van der Waals surface area contributed by atoms with Gasteiger partial charge in [-0.2, -0.15) is 5.10 Å². The third kappa shape index (κ3) is 2.90. The summed E-state index contributed by atoms with van der Waals surface area (Å²) in [7, 11) is 2.48. The molecular weight excluding hydrogens is 281 g/mol. The standard InChI is InChI=1S/C13H12FN3O4/c1-20-10-7-17(9-6-4-3-5-8(9)14)15-11(12(10)18)13(19)16-21-2/h3-7H,1-2H3,(H,16,19). The highest BCUT2D eigenvalue weighted by Crippen LogP contribution is 2.13. The number of carbonyl (C=O) groups is 1. The summed E-state index contributed by atoms with van der Waals surface area (Å²) in [6.07, 6.45) is 1.20. The molecule has 1 heterocycles. The number of hydrogen-bond acceptors (Lipinski definition) is 5. The highest BCUT2D eigenvalue weighted by Gasteiger charge is 2.18. The monoisotopic (exact) mass is 293 g/mol. The van der Waals surface area contributed by atoms with E-state index in [1.165, 1.54) is 38.6 Å². The van der Waals surface area contributed by atoms with Crippen molar-refractivity contribution in [2.75, 3.05) is 14.2 Å². The van der Waals surface area contributed by atoms with Crippen LogP contribution in [0.15, 0.2) is 35.3 Å². The lowest BCUT2D eigenvalue weighted by molar-refractivity contribution is 0.0529. The summed E-state index contributed by atoms with van der Waals surface area (Å²) in [5, 5.41) is 3.82. The number of carbonyl (C=O) groups excluding carboxylic acids is 1. The Morgan fingerprint density at radius 3 is 2.67 bits per heavy atom. The fourth-order valence-corrected chi connectivity index (χ4v) is 1.66. The summed E-state index contributed by atoms with van der Waals surface area (Å²) in [5.41, 5.74) is 0.859. The molecule has 2 rings (SSSR count). The molecule has 1 amide bonds. The van der Waals surface area contributed by atoms with Crippen molar-refractivity contribution in [1.29, 1.82) is 0 Å². The molecule has 0 atom stereocenters. The number of ether oxygens (including phenoxy) is 1. The van der Waals surface area contributed by atoms with Gasteiger partial charge in [0.05, 0.1) is 20.4 Å². The van der Waals surface area contributed by atoms with E-state index in [9.17, 15) is 14.0 Å². The van der Waals surface area contributed by atoms with Gasteiger partial charge in [-0.15, -0.1) is 0 Å². The molecule has 0 saturated heterocycles. The van der Waals surface area contributed by atoms with Crippen LogP contribution in [-0.4, -0.2) is 29.9 Å². The first-order valence-corrected chi connectivity index (χ1v) is 5.84. The van der Waals surface area contributed by atoms with Gasteiger partial charge >= 0.3 is 0 Å². The minimum atomic E-state index is -0.855. The highest BCUT2D eigenvalue weighted by atomic mass is 19.1. The molecule has 110 valence electrons.